The Kier molecular flexibility index (Phi) is 6.33. The molecule has 0 N–H and O–H groups in total. The number of aromatic nitrogens is 2. The maximum absolute atomic E-state index is 12.5. The summed E-state index contributed by atoms with van der Waals surface area (Å²) in [5.74, 6) is 0.759. The highest BCUT2D eigenvalue weighted by Crippen LogP contribution is 2.36. The minimum atomic E-state index is -0.283. The van der Waals surface area contributed by atoms with Crippen LogP contribution in [0.15, 0.2) is 60.3 Å². The average Bonchev–Trinajstić information content (AvgIpc) is 3.20. The van der Waals surface area contributed by atoms with E-state index in [0.29, 0.717) is 28.3 Å². The van der Waals surface area contributed by atoms with Crippen LogP contribution in [0.1, 0.15) is 19.4 Å². The van der Waals surface area contributed by atoms with Crippen LogP contribution in [0.5, 0.6) is 11.5 Å². The van der Waals surface area contributed by atoms with E-state index >= 15 is 0 Å². The summed E-state index contributed by atoms with van der Waals surface area (Å²) in [6.07, 6.45) is 3.39. The van der Waals surface area contributed by atoms with E-state index in [1.165, 1.54) is 0 Å². The van der Waals surface area contributed by atoms with Gasteiger partial charge in [0, 0.05) is 23.2 Å². The van der Waals surface area contributed by atoms with Gasteiger partial charge in [-0.2, -0.15) is 10.4 Å². The third kappa shape index (κ3) is 4.26. The summed E-state index contributed by atoms with van der Waals surface area (Å²) in [6, 6.07) is 17.1. The van der Waals surface area contributed by atoms with Crippen molar-refractivity contribution in [3.05, 3.63) is 65.9 Å². The number of ketones is 1. The molecule has 0 saturated carbocycles. The summed E-state index contributed by atoms with van der Waals surface area (Å²) in [6.45, 7) is 3.54. The molecule has 6 nitrogen and oxygen atoms in total. The van der Waals surface area contributed by atoms with Crippen molar-refractivity contribution in [2.75, 3.05) is 14.2 Å². The van der Waals surface area contributed by atoms with Crippen LogP contribution in [-0.2, 0) is 4.79 Å². The third-order valence-electron chi connectivity index (χ3n) is 4.64. The van der Waals surface area contributed by atoms with E-state index in [4.69, 9.17) is 14.6 Å². The van der Waals surface area contributed by atoms with Crippen molar-refractivity contribution in [2.24, 2.45) is 5.92 Å². The fraction of sp³-hybridized carbons (Fsp3) is 0.208. The van der Waals surface area contributed by atoms with Gasteiger partial charge in [-0.1, -0.05) is 32.0 Å². The molecule has 0 saturated heterocycles. The topological polar surface area (TPSA) is 77.1 Å². The van der Waals surface area contributed by atoms with Gasteiger partial charge in [-0.25, -0.2) is 4.68 Å². The lowest BCUT2D eigenvalue weighted by molar-refractivity contribution is -0.117. The molecule has 0 unspecified atom stereocenters. The zero-order valence-electron chi connectivity index (χ0n) is 17.4. The number of nitriles is 1. The summed E-state index contributed by atoms with van der Waals surface area (Å²) in [7, 11) is 3.17. The zero-order chi connectivity index (χ0) is 21.7. The van der Waals surface area contributed by atoms with E-state index in [1.807, 2.05) is 42.5 Å². The van der Waals surface area contributed by atoms with Crippen molar-refractivity contribution in [1.29, 1.82) is 5.26 Å². The van der Waals surface area contributed by atoms with Gasteiger partial charge < -0.3 is 9.47 Å². The summed E-state index contributed by atoms with van der Waals surface area (Å²) in [5.41, 5.74) is 2.86. The molecule has 0 radical (unpaired) electrons. The van der Waals surface area contributed by atoms with Gasteiger partial charge in [0.15, 0.2) is 5.78 Å². The molecule has 0 aliphatic carbocycles. The molecule has 3 aromatic rings. The molecule has 0 atom stereocenters. The first-order valence-electron chi connectivity index (χ1n) is 9.52. The van der Waals surface area contributed by atoms with Gasteiger partial charge in [-0.05, 0) is 36.4 Å². The molecular formula is C24H23N3O3. The van der Waals surface area contributed by atoms with Gasteiger partial charge in [-0.15, -0.1) is 0 Å². The molecule has 1 aromatic heterocycles. The largest absolute Gasteiger partial charge is 0.497 e. The van der Waals surface area contributed by atoms with E-state index in [0.717, 1.165) is 5.69 Å². The summed E-state index contributed by atoms with van der Waals surface area (Å²) in [5, 5.41) is 14.3. The maximum atomic E-state index is 12.5. The lowest BCUT2D eigenvalue weighted by atomic mass is 9.98. The van der Waals surface area contributed by atoms with Gasteiger partial charge in [-0.3, -0.25) is 4.79 Å². The first-order chi connectivity index (χ1) is 14.5. The Balaban J connectivity index is 2.25. The number of hydrogen-bond acceptors (Lipinski definition) is 5. The smallest absolute Gasteiger partial charge is 0.175 e. The number of methoxy groups -OCH3 is 2. The molecule has 0 aliphatic rings. The molecule has 30 heavy (non-hydrogen) atoms. The van der Waals surface area contributed by atoms with Crippen LogP contribution < -0.4 is 9.47 Å². The Morgan fingerprint density at radius 3 is 2.47 bits per heavy atom. The molecule has 0 amide bonds. The SMILES string of the molecule is COc1ccc(OC)c(-c2nn(-c3ccccc3)cc2C=C(C#N)C(=O)C(C)C)c1. The summed E-state index contributed by atoms with van der Waals surface area (Å²) >= 11 is 0. The van der Waals surface area contributed by atoms with Crippen molar-refractivity contribution >= 4 is 11.9 Å². The number of rotatable bonds is 7. The quantitative estimate of drug-likeness (QED) is 0.424. The fourth-order valence-electron chi connectivity index (χ4n) is 3.04. The first kappa shape index (κ1) is 20.9. The third-order valence-corrected chi connectivity index (χ3v) is 4.64. The molecule has 152 valence electrons. The second kappa shape index (κ2) is 9.10. The van der Waals surface area contributed by atoms with Gasteiger partial charge >= 0.3 is 0 Å². The predicted molar refractivity (Wildman–Crippen MR) is 116 cm³/mol. The zero-order valence-corrected chi connectivity index (χ0v) is 17.4. The van der Waals surface area contributed by atoms with Crippen LogP contribution in [-0.4, -0.2) is 29.8 Å². The highest BCUT2D eigenvalue weighted by Gasteiger charge is 2.19. The Hall–Kier alpha value is -3.85. The van der Waals surface area contributed by atoms with Crippen LogP contribution in [0.2, 0.25) is 0 Å². The summed E-state index contributed by atoms with van der Waals surface area (Å²) < 4.78 is 12.6. The molecule has 0 aliphatic heterocycles. The molecule has 0 bridgehead atoms. The van der Waals surface area contributed by atoms with Crippen molar-refractivity contribution < 1.29 is 14.3 Å². The second-order valence-electron chi connectivity index (χ2n) is 6.97. The van der Waals surface area contributed by atoms with E-state index < -0.39 is 0 Å². The van der Waals surface area contributed by atoms with E-state index in [2.05, 4.69) is 0 Å². The fourth-order valence-corrected chi connectivity index (χ4v) is 3.04. The molecule has 0 fully saturated rings. The molecule has 3 rings (SSSR count). The number of nitrogens with zero attached hydrogens (tertiary/aromatic N) is 3. The molecule has 6 heteroatoms. The van der Waals surface area contributed by atoms with Crippen LogP contribution in [0.3, 0.4) is 0 Å². The first-order valence-corrected chi connectivity index (χ1v) is 9.52. The standard InChI is InChI=1S/C24H23N3O3/c1-16(2)24(28)17(14-25)12-18-15-27(19-8-6-5-7-9-19)26-23(18)21-13-20(29-3)10-11-22(21)30-4/h5-13,15-16H,1-4H3. The van der Waals surface area contributed by atoms with E-state index in [1.54, 1.807) is 57.2 Å². The highest BCUT2D eigenvalue weighted by molar-refractivity contribution is 6.04. The van der Waals surface area contributed by atoms with Gasteiger partial charge in [0.1, 0.15) is 23.3 Å². The number of carbonyl (C=O) groups excluding carboxylic acids is 1. The predicted octanol–water partition coefficient (Wildman–Crippen LogP) is 4.69. The maximum Gasteiger partial charge on any atom is 0.175 e. The number of Topliss-reactive ketones (excluding diaryl/α,β-unsaturated/α-hetero) is 1. The molecule has 0 spiro atoms. The minimum absolute atomic E-state index is 0.0840. The van der Waals surface area contributed by atoms with Crippen LogP contribution in [0, 0.1) is 17.2 Å². The normalized spacial score (nSPS) is 11.3. The average molecular weight is 401 g/mol. The number of allylic oxidation sites excluding steroid dienone is 1. The molecular weight excluding hydrogens is 378 g/mol. The van der Waals surface area contributed by atoms with Crippen molar-refractivity contribution in [2.45, 2.75) is 13.8 Å². The van der Waals surface area contributed by atoms with Gasteiger partial charge in [0.05, 0.1) is 25.5 Å². The highest BCUT2D eigenvalue weighted by atomic mass is 16.5. The van der Waals surface area contributed by atoms with Crippen LogP contribution in [0.25, 0.3) is 23.0 Å². The van der Waals surface area contributed by atoms with Crippen molar-refractivity contribution in [3.8, 4) is 34.5 Å². The van der Waals surface area contributed by atoms with Gasteiger partial charge in [0.2, 0.25) is 0 Å². The number of ether oxygens (including phenoxy) is 2. The van der Waals surface area contributed by atoms with Crippen LogP contribution in [0.4, 0.5) is 0 Å². The molecule has 1 heterocycles. The Morgan fingerprint density at radius 1 is 1.13 bits per heavy atom. The van der Waals surface area contributed by atoms with E-state index in [9.17, 15) is 10.1 Å². The number of hydrogen-bond donors (Lipinski definition) is 0. The van der Waals surface area contributed by atoms with Gasteiger partial charge in [0.25, 0.3) is 0 Å². The number of carbonyl (C=O) groups is 1. The Labute approximate surface area is 176 Å². The molecule has 2 aromatic carbocycles. The Morgan fingerprint density at radius 2 is 1.87 bits per heavy atom. The lowest BCUT2D eigenvalue weighted by Gasteiger charge is -2.10. The van der Waals surface area contributed by atoms with E-state index in [-0.39, 0.29) is 17.3 Å². The Bertz CT molecular complexity index is 1120. The summed E-state index contributed by atoms with van der Waals surface area (Å²) in [4.78, 5) is 12.5. The second-order valence-corrected chi connectivity index (χ2v) is 6.97. The van der Waals surface area contributed by atoms with Crippen LogP contribution >= 0.6 is 0 Å². The minimum Gasteiger partial charge on any atom is -0.497 e. The number of benzene rings is 2. The van der Waals surface area contributed by atoms with Crippen molar-refractivity contribution in [3.63, 3.8) is 0 Å². The lowest BCUT2D eigenvalue weighted by Crippen LogP contribution is -2.08. The monoisotopic (exact) mass is 401 g/mol. The van der Waals surface area contributed by atoms with Crippen molar-refractivity contribution in [1.82, 2.24) is 9.78 Å². The number of para-hydroxylation sites is 1.